The van der Waals surface area contributed by atoms with Crippen molar-refractivity contribution in [2.45, 2.75) is 19.3 Å². The number of nitro groups is 1. The second-order valence-electron chi connectivity index (χ2n) is 6.47. The van der Waals surface area contributed by atoms with Gasteiger partial charge < -0.3 is 10.1 Å². The summed E-state index contributed by atoms with van der Waals surface area (Å²) in [6.45, 7) is 0. The van der Waals surface area contributed by atoms with Gasteiger partial charge in [-0.2, -0.15) is 5.10 Å². The molecule has 8 nitrogen and oxygen atoms in total. The molecule has 1 heterocycles. The predicted molar refractivity (Wildman–Crippen MR) is 103 cm³/mol. The Labute approximate surface area is 160 Å². The Morgan fingerprint density at radius 2 is 2.00 bits per heavy atom. The number of aromatic nitrogens is 2. The van der Waals surface area contributed by atoms with Crippen molar-refractivity contribution in [3.05, 3.63) is 75.5 Å². The lowest BCUT2D eigenvalue weighted by Gasteiger charge is -2.11. The number of para-hydroxylation sites is 1. The first-order valence-corrected chi connectivity index (χ1v) is 8.88. The number of nitrogens with one attached hydrogen (secondary N) is 1. The third-order valence-corrected chi connectivity index (χ3v) is 4.78. The standard InChI is InChI=1S/C20H18N4O4/c1-28-18-11-10-13(12-17(18)24(26)27)20(25)21-19-15-8-5-9-16(15)22-23(19)14-6-3-2-4-7-14/h2-4,6-7,10-12H,5,8-9H2,1H3,(H,21,25). The molecule has 1 aliphatic carbocycles. The number of benzene rings is 2. The molecule has 28 heavy (non-hydrogen) atoms. The summed E-state index contributed by atoms with van der Waals surface area (Å²) in [5.41, 5.74) is 2.75. The van der Waals surface area contributed by atoms with E-state index in [1.54, 1.807) is 4.68 Å². The Hall–Kier alpha value is -3.68. The van der Waals surface area contributed by atoms with Gasteiger partial charge >= 0.3 is 5.69 Å². The van der Waals surface area contributed by atoms with Crippen molar-refractivity contribution in [1.29, 1.82) is 0 Å². The number of amides is 1. The SMILES string of the molecule is COc1ccc(C(=O)Nc2c3c(nn2-c2ccccc2)CCC3)cc1[N+](=O)[O-]. The van der Waals surface area contributed by atoms with Gasteiger partial charge in [0.05, 0.1) is 23.4 Å². The average molecular weight is 378 g/mol. The molecule has 0 unspecified atom stereocenters. The number of aryl methyl sites for hydroxylation is 1. The topological polar surface area (TPSA) is 99.3 Å². The second-order valence-corrected chi connectivity index (χ2v) is 6.47. The predicted octanol–water partition coefficient (Wildman–Crippen LogP) is 3.53. The van der Waals surface area contributed by atoms with Crippen LogP contribution in [0, 0.1) is 10.1 Å². The van der Waals surface area contributed by atoms with Crippen LogP contribution in [0.15, 0.2) is 48.5 Å². The fraction of sp³-hybridized carbons (Fsp3) is 0.200. The van der Waals surface area contributed by atoms with Crippen LogP contribution in [0.25, 0.3) is 5.69 Å². The van der Waals surface area contributed by atoms with E-state index in [1.807, 2.05) is 30.3 Å². The highest BCUT2D eigenvalue weighted by molar-refractivity contribution is 6.05. The average Bonchev–Trinajstić information content (AvgIpc) is 3.30. The normalized spacial score (nSPS) is 12.5. The summed E-state index contributed by atoms with van der Waals surface area (Å²) in [5, 5.41) is 18.8. The van der Waals surface area contributed by atoms with Gasteiger partial charge in [-0.25, -0.2) is 4.68 Å². The molecule has 0 radical (unpaired) electrons. The molecule has 3 aromatic rings. The van der Waals surface area contributed by atoms with Crippen LogP contribution in [0.1, 0.15) is 28.0 Å². The van der Waals surface area contributed by atoms with E-state index in [0.717, 1.165) is 36.2 Å². The first-order valence-electron chi connectivity index (χ1n) is 8.88. The molecule has 1 amide bonds. The largest absolute Gasteiger partial charge is 0.490 e. The summed E-state index contributed by atoms with van der Waals surface area (Å²) >= 11 is 0. The van der Waals surface area contributed by atoms with Crippen molar-refractivity contribution < 1.29 is 14.5 Å². The molecule has 0 spiro atoms. The van der Waals surface area contributed by atoms with Crippen molar-refractivity contribution in [2.75, 3.05) is 12.4 Å². The van der Waals surface area contributed by atoms with Crippen LogP contribution in [0.3, 0.4) is 0 Å². The molecule has 0 saturated carbocycles. The minimum absolute atomic E-state index is 0.108. The monoisotopic (exact) mass is 378 g/mol. The Kier molecular flexibility index (Phi) is 4.52. The van der Waals surface area contributed by atoms with Crippen LogP contribution in [0.2, 0.25) is 0 Å². The summed E-state index contributed by atoms with van der Waals surface area (Å²) in [4.78, 5) is 23.5. The van der Waals surface area contributed by atoms with Crippen LogP contribution in [0.5, 0.6) is 5.75 Å². The third kappa shape index (κ3) is 3.09. The van der Waals surface area contributed by atoms with E-state index in [4.69, 9.17) is 4.74 Å². The smallest absolute Gasteiger partial charge is 0.311 e. The van der Waals surface area contributed by atoms with E-state index in [9.17, 15) is 14.9 Å². The van der Waals surface area contributed by atoms with E-state index < -0.39 is 10.8 Å². The summed E-state index contributed by atoms with van der Waals surface area (Å²) in [5.74, 6) is 0.288. The number of rotatable bonds is 5. The molecule has 1 N–H and O–H groups in total. The first-order chi connectivity index (χ1) is 13.6. The molecule has 0 saturated heterocycles. The van der Waals surface area contributed by atoms with E-state index in [0.29, 0.717) is 5.82 Å². The third-order valence-electron chi connectivity index (χ3n) is 4.78. The number of fused-ring (bicyclic) bond motifs is 1. The van der Waals surface area contributed by atoms with Gasteiger partial charge in [-0.3, -0.25) is 14.9 Å². The van der Waals surface area contributed by atoms with E-state index in [1.165, 1.54) is 25.3 Å². The zero-order chi connectivity index (χ0) is 19.7. The Bertz CT molecular complexity index is 1060. The lowest BCUT2D eigenvalue weighted by Crippen LogP contribution is -2.16. The Balaban J connectivity index is 1.71. The minimum Gasteiger partial charge on any atom is -0.490 e. The summed E-state index contributed by atoms with van der Waals surface area (Å²) in [7, 11) is 1.35. The van der Waals surface area contributed by atoms with E-state index in [-0.39, 0.29) is 17.0 Å². The molecule has 1 aromatic heterocycles. The zero-order valence-corrected chi connectivity index (χ0v) is 15.2. The van der Waals surface area contributed by atoms with Crippen molar-refractivity contribution in [2.24, 2.45) is 0 Å². The Morgan fingerprint density at radius 1 is 1.21 bits per heavy atom. The highest BCUT2D eigenvalue weighted by Gasteiger charge is 2.25. The molecule has 0 bridgehead atoms. The maximum absolute atomic E-state index is 12.9. The lowest BCUT2D eigenvalue weighted by atomic mass is 10.1. The molecule has 2 aromatic carbocycles. The lowest BCUT2D eigenvalue weighted by molar-refractivity contribution is -0.385. The quantitative estimate of drug-likeness (QED) is 0.541. The van der Waals surface area contributed by atoms with Crippen molar-refractivity contribution in [3.63, 3.8) is 0 Å². The fourth-order valence-corrected chi connectivity index (χ4v) is 3.43. The van der Waals surface area contributed by atoms with E-state index in [2.05, 4.69) is 10.4 Å². The highest BCUT2D eigenvalue weighted by atomic mass is 16.6. The highest BCUT2D eigenvalue weighted by Crippen LogP contribution is 2.32. The molecule has 8 heteroatoms. The van der Waals surface area contributed by atoms with Crippen molar-refractivity contribution in [1.82, 2.24) is 9.78 Å². The van der Waals surface area contributed by atoms with Gasteiger partial charge in [0, 0.05) is 17.2 Å². The maximum Gasteiger partial charge on any atom is 0.311 e. The Morgan fingerprint density at radius 3 is 2.71 bits per heavy atom. The van der Waals surface area contributed by atoms with Gasteiger partial charge in [-0.1, -0.05) is 18.2 Å². The second kappa shape index (κ2) is 7.15. The van der Waals surface area contributed by atoms with Crippen LogP contribution >= 0.6 is 0 Å². The number of nitrogens with zero attached hydrogens (tertiary/aromatic N) is 3. The molecule has 4 rings (SSSR count). The summed E-state index contributed by atoms with van der Waals surface area (Å²) in [6, 6.07) is 13.7. The van der Waals surface area contributed by atoms with Crippen LogP contribution in [0.4, 0.5) is 11.5 Å². The number of carbonyl (C=O) groups excluding carboxylic acids is 1. The number of nitro benzene ring substituents is 1. The summed E-state index contributed by atoms with van der Waals surface area (Å²) < 4.78 is 6.72. The van der Waals surface area contributed by atoms with Gasteiger partial charge in [-0.05, 0) is 43.5 Å². The van der Waals surface area contributed by atoms with E-state index >= 15 is 0 Å². The van der Waals surface area contributed by atoms with Gasteiger partial charge in [0.25, 0.3) is 5.91 Å². The molecule has 142 valence electrons. The van der Waals surface area contributed by atoms with Crippen LogP contribution in [-0.2, 0) is 12.8 Å². The number of methoxy groups -OCH3 is 1. The minimum atomic E-state index is -0.568. The fourth-order valence-electron chi connectivity index (χ4n) is 3.43. The van der Waals surface area contributed by atoms with Gasteiger partial charge in [0.1, 0.15) is 5.82 Å². The van der Waals surface area contributed by atoms with Crippen molar-refractivity contribution >= 4 is 17.4 Å². The van der Waals surface area contributed by atoms with Crippen LogP contribution in [-0.4, -0.2) is 27.7 Å². The maximum atomic E-state index is 12.9. The number of hydrogen-bond donors (Lipinski definition) is 1. The molecule has 0 aliphatic heterocycles. The number of anilines is 1. The molecule has 0 fully saturated rings. The van der Waals surface area contributed by atoms with Crippen LogP contribution < -0.4 is 10.1 Å². The summed E-state index contributed by atoms with van der Waals surface area (Å²) in [6.07, 6.45) is 2.69. The van der Waals surface area contributed by atoms with Gasteiger partial charge in [0.15, 0.2) is 5.75 Å². The molecular formula is C20H18N4O4. The molecular weight excluding hydrogens is 360 g/mol. The molecule has 0 atom stereocenters. The van der Waals surface area contributed by atoms with Crippen molar-refractivity contribution in [3.8, 4) is 11.4 Å². The van der Waals surface area contributed by atoms with Gasteiger partial charge in [-0.15, -0.1) is 0 Å². The number of carbonyl (C=O) groups is 1. The first kappa shape index (κ1) is 17.7. The number of ether oxygens (including phenoxy) is 1. The van der Waals surface area contributed by atoms with Gasteiger partial charge in [0.2, 0.25) is 0 Å². The zero-order valence-electron chi connectivity index (χ0n) is 15.2. The number of hydrogen-bond acceptors (Lipinski definition) is 5. The molecule has 1 aliphatic rings.